The van der Waals surface area contributed by atoms with Gasteiger partial charge in [-0.3, -0.25) is 0 Å². The van der Waals surface area contributed by atoms with Crippen LogP contribution in [0.15, 0.2) is 16.8 Å². The van der Waals surface area contributed by atoms with Crippen LogP contribution in [-0.4, -0.2) is 0 Å². The molecule has 0 nitrogen and oxygen atoms in total. The van der Waals surface area contributed by atoms with E-state index < -0.39 is 0 Å². The Morgan fingerprint density at radius 1 is 1.71 bits per heavy atom. The predicted octanol–water partition coefficient (Wildman–Crippen LogP) is 2.65. The van der Waals surface area contributed by atoms with E-state index in [2.05, 4.69) is 27.4 Å². The second-order valence-corrected chi connectivity index (χ2v) is 2.40. The minimum atomic E-state index is 1.24. The molecule has 1 heterocycles. The lowest BCUT2D eigenvalue weighted by atomic mass is 10.4. The van der Waals surface area contributed by atoms with Crippen molar-refractivity contribution >= 4 is 27.3 Å². The molecule has 0 saturated carbocycles. The molecule has 0 spiro atoms. The minimum Gasteiger partial charge on any atom is -0.152 e. The summed E-state index contributed by atoms with van der Waals surface area (Å²) in [5.41, 5.74) is 1.24. The van der Waals surface area contributed by atoms with Gasteiger partial charge in [-0.15, -0.1) is 0 Å². The van der Waals surface area contributed by atoms with Crippen LogP contribution in [0.1, 0.15) is 5.56 Å². The van der Waals surface area contributed by atoms with Crippen molar-refractivity contribution in [2.45, 2.75) is 0 Å². The summed E-state index contributed by atoms with van der Waals surface area (Å²) in [7, 11) is 0. The summed E-state index contributed by atoms with van der Waals surface area (Å²) >= 11 is 4.92. The minimum absolute atomic E-state index is 1.24. The molecule has 37 valence electrons. The van der Waals surface area contributed by atoms with Crippen LogP contribution in [0.5, 0.6) is 0 Å². The van der Waals surface area contributed by atoms with Crippen molar-refractivity contribution in [1.82, 2.24) is 0 Å². The number of hydrogen-bond acceptors (Lipinski definition) is 1. The zero-order valence-electron chi connectivity index (χ0n) is 3.60. The highest BCUT2D eigenvalue weighted by atomic mass is 79.9. The van der Waals surface area contributed by atoms with Crippen molar-refractivity contribution in [3.8, 4) is 0 Å². The van der Waals surface area contributed by atoms with Gasteiger partial charge >= 0.3 is 0 Å². The van der Waals surface area contributed by atoms with Crippen LogP contribution < -0.4 is 0 Å². The van der Waals surface area contributed by atoms with Crippen molar-refractivity contribution in [3.63, 3.8) is 0 Å². The summed E-state index contributed by atoms with van der Waals surface area (Å²) in [6, 6.07) is 2.05. The molecule has 1 rings (SSSR count). The summed E-state index contributed by atoms with van der Waals surface area (Å²) in [6.07, 6.45) is 0. The van der Waals surface area contributed by atoms with Crippen LogP contribution in [0.4, 0.5) is 0 Å². The molecule has 0 bridgehead atoms. The molecule has 1 aromatic heterocycles. The molecule has 2 heteroatoms. The van der Waals surface area contributed by atoms with Gasteiger partial charge in [0.2, 0.25) is 0 Å². The zero-order valence-corrected chi connectivity index (χ0v) is 6.00. The molecule has 0 atom stereocenters. The average molecular weight is 176 g/mol. The van der Waals surface area contributed by atoms with Crippen LogP contribution in [-0.2, 0) is 0 Å². The highest BCUT2D eigenvalue weighted by Gasteiger charge is 1.84. The lowest BCUT2D eigenvalue weighted by Crippen LogP contribution is -1.57. The topological polar surface area (TPSA) is 0 Å². The van der Waals surface area contributed by atoms with Gasteiger partial charge in [0, 0.05) is 0 Å². The SMILES string of the molecule is Br[CH]c1ccsc1. The molecule has 0 aliphatic carbocycles. The van der Waals surface area contributed by atoms with Gasteiger partial charge in [0.25, 0.3) is 0 Å². The van der Waals surface area contributed by atoms with Crippen LogP contribution in [0.25, 0.3) is 0 Å². The average Bonchev–Trinajstić information content (AvgIpc) is 2.14. The van der Waals surface area contributed by atoms with E-state index in [0.717, 1.165) is 0 Å². The van der Waals surface area contributed by atoms with E-state index in [1.54, 1.807) is 11.3 Å². The van der Waals surface area contributed by atoms with Gasteiger partial charge in [-0.1, -0.05) is 15.9 Å². The fraction of sp³-hybridized carbons (Fsp3) is 0. The Labute approximate surface area is 55.3 Å². The van der Waals surface area contributed by atoms with Gasteiger partial charge < -0.3 is 0 Å². The lowest BCUT2D eigenvalue weighted by molar-refractivity contribution is 1.77. The number of thiophene rings is 1. The van der Waals surface area contributed by atoms with E-state index in [1.807, 2.05) is 10.7 Å². The lowest BCUT2D eigenvalue weighted by Gasteiger charge is -1.76. The van der Waals surface area contributed by atoms with Crippen LogP contribution in [0.2, 0.25) is 0 Å². The molecule has 1 aromatic rings. The Hall–Kier alpha value is 0.180. The largest absolute Gasteiger partial charge is 0.152 e. The molecular weight excluding hydrogens is 172 g/mol. The fourth-order valence-corrected chi connectivity index (χ4v) is 1.41. The summed E-state index contributed by atoms with van der Waals surface area (Å²) in [5.74, 6) is 0. The van der Waals surface area contributed by atoms with Crippen molar-refractivity contribution < 1.29 is 0 Å². The van der Waals surface area contributed by atoms with Crippen molar-refractivity contribution in [1.29, 1.82) is 0 Å². The van der Waals surface area contributed by atoms with Gasteiger partial charge in [-0.2, -0.15) is 11.3 Å². The molecular formula is C5H4BrS. The van der Waals surface area contributed by atoms with Gasteiger partial charge in [-0.05, 0) is 22.4 Å². The highest BCUT2D eigenvalue weighted by molar-refractivity contribution is 9.10. The third kappa shape index (κ3) is 1.28. The first-order chi connectivity index (χ1) is 3.43. The van der Waals surface area contributed by atoms with E-state index in [4.69, 9.17) is 0 Å². The van der Waals surface area contributed by atoms with E-state index >= 15 is 0 Å². The van der Waals surface area contributed by atoms with Gasteiger partial charge in [0.15, 0.2) is 0 Å². The predicted molar refractivity (Wildman–Crippen MR) is 36.6 cm³/mol. The molecule has 0 aliphatic rings. The molecule has 0 aliphatic heterocycles. The maximum Gasteiger partial charge on any atom is 0.0569 e. The Morgan fingerprint density at radius 3 is 2.86 bits per heavy atom. The highest BCUT2D eigenvalue weighted by Crippen LogP contribution is 2.10. The van der Waals surface area contributed by atoms with Crippen LogP contribution in [0.3, 0.4) is 0 Å². The zero-order chi connectivity index (χ0) is 5.11. The first kappa shape index (κ1) is 5.32. The standard InChI is InChI=1S/C5H4BrS/c6-3-5-1-2-7-4-5/h1-4H. The summed E-state index contributed by atoms with van der Waals surface area (Å²) in [5, 5.41) is 6.03. The number of hydrogen-bond donors (Lipinski definition) is 0. The van der Waals surface area contributed by atoms with Crippen molar-refractivity contribution in [2.24, 2.45) is 0 Å². The molecule has 0 amide bonds. The molecule has 1 radical (unpaired) electrons. The normalized spacial score (nSPS) is 9.29. The summed E-state index contributed by atoms with van der Waals surface area (Å²) < 4.78 is 0. The van der Waals surface area contributed by atoms with Crippen LogP contribution in [0, 0.1) is 5.33 Å². The Morgan fingerprint density at radius 2 is 2.57 bits per heavy atom. The first-order valence-electron chi connectivity index (χ1n) is 1.89. The van der Waals surface area contributed by atoms with E-state index in [1.165, 1.54) is 5.56 Å². The van der Waals surface area contributed by atoms with Gasteiger partial charge in [-0.25, -0.2) is 0 Å². The van der Waals surface area contributed by atoms with E-state index in [9.17, 15) is 0 Å². The first-order valence-corrected chi connectivity index (χ1v) is 3.75. The number of halogens is 1. The molecule has 0 saturated heterocycles. The Bertz CT molecular complexity index is 123. The quantitative estimate of drug-likeness (QED) is 0.616. The van der Waals surface area contributed by atoms with Gasteiger partial charge in [0.05, 0.1) is 5.33 Å². The summed E-state index contributed by atoms with van der Waals surface area (Å²) in [6.45, 7) is 0. The molecule has 0 N–H and O–H groups in total. The van der Waals surface area contributed by atoms with Gasteiger partial charge in [0.1, 0.15) is 0 Å². The molecule has 7 heavy (non-hydrogen) atoms. The smallest absolute Gasteiger partial charge is 0.0569 e. The monoisotopic (exact) mass is 175 g/mol. The van der Waals surface area contributed by atoms with Crippen molar-refractivity contribution in [3.05, 3.63) is 27.7 Å². The van der Waals surface area contributed by atoms with E-state index in [-0.39, 0.29) is 0 Å². The van der Waals surface area contributed by atoms with Crippen LogP contribution >= 0.6 is 27.3 Å². The fourth-order valence-electron chi connectivity index (χ4n) is 0.337. The third-order valence-electron chi connectivity index (χ3n) is 0.669. The summed E-state index contributed by atoms with van der Waals surface area (Å²) in [4.78, 5) is 0. The van der Waals surface area contributed by atoms with Crippen molar-refractivity contribution in [2.75, 3.05) is 0 Å². The number of rotatable bonds is 1. The molecule has 0 unspecified atom stereocenters. The maximum atomic E-state index is 3.22. The second-order valence-electron chi connectivity index (χ2n) is 1.17. The second kappa shape index (κ2) is 2.48. The van der Waals surface area contributed by atoms with E-state index in [0.29, 0.717) is 0 Å². The third-order valence-corrected chi connectivity index (χ3v) is 1.90. The Kier molecular flexibility index (Phi) is 1.88. The molecule has 0 aromatic carbocycles. The maximum absolute atomic E-state index is 3.22. The Balaban J connectivity index is 2.76. The molecule has 0 fully saturated rings.